The number of carbonyl (C=O) groups excluding carboxylic acids is 1. The van der Waals surface area contributed by atoms with E-state index in [2.05, 4.69) is 0 Å². The van der Waals surface area contributed by atoms with Crippen molar-refractivity contribution >= 4 is 18.3 Å². The topological polar surface area (TPSA) is 81.7 Å². The normalized spacial score (nSPS) is 10.5. The summed E-state index contributed by atoms with van der Waals surface area (Å²) in [6, 6.07) is 16.1. The molecule has 3 aromatic carbocycles. The Morgan fingerprint density at radius 1 is 0.686 bits per heavy atom. The Kier molecular flexibility index (Phi) is 8.83. The van der Waals surface area contributed by atoms with Crippen LogP contribution in [0, 0.1) is 0 Å². The molecule has 0 radical (unpaired) electrons. The van der Waals surface area contributed by atoms with Gasteiger partial charge in [0.2, 0.25) is 5.75 Å². The van der Waals surface area contributed by atoms with Crippen LogP contribution in [0.5, 0.6) is 34.5 Å². The smallest absolute Gasteiger partial charge is 0.497 e. The molecule has 0 spiro atoms. The molecule has 3 aromatic rings. The summed E-state index contributed by atoms with van der Waals surface area (Å²) in [6.45, 7) is 0.0408. The second-order valence-electron chi connectivity index (χ2n) is 7.19. The first-order valence-electron chi connectivity index (χ1n) is 10.6. The quantitative estimate of drug-likeness (QED) is 0.210. The van der Waals surface area contributed by atoms with Gasteiger partial charge in [0, 0.05) is 0 Å². The zero-order valence-electron chi connectivity index (χ0n) is 20.3. The first-order chi connectivity index (χ1) is 17.0. The van der Waals surface area contributed by atoms with Crippen molar-refractivity contribution < 1.29 is 38.0 Å². The molecule has 0 saturated heterocycles. The van der Waals surface area contributed by atoms with Crippen molar-refractivity contribution in [1.82, 2.24) is 0 Å². The van der Waals surface area contributed by atoms with Crippen LogP contribution in [0.15, 0.2) is 54.6 Å². The SMILES string of the molecule is COc1cccc(COC(=O)Oc2cc(C=Cc3cc(OC)c(OC)c(OC)c3)ccc2OC)c1. The Bertz CT molecular complexity index is 1160. The van der Waals surface area contributed by atoms with Gasteiger partial charge in [0.15, 0.2) is 23.0 Å². The molecule has 0 aliphatic heterocycles. The minimum Gasteiger partial charge on any atom is -0.497 e. The molecule has 0 N–H and O–H groups in total. The Hall–Kier alpha value is -4.33. The van der Waals surface area contributed by atoms with E-state index in [0.717, 1.165) is 16.7 Å². The molecule has 0 bridgehead atoms. The predicted molar refractivity (Wildman–Crippen MR) is 132 cm³/mol. The number of hydrogen-bond donors (Lipinski definition) is 0. The third-order valence-corrected chi connectivity index (χ3v) is 5.03. The van der Waals surface area contributed by atoms with E-state index in [4.69, 9.17) is 33.2 Å². The lowest BCUT2D eigenvalue weighted by molar-refractivity contribution is 0.0916. The fourth-order valence-corrected chi connectivity index (χ4v) is 3.29. The highest BCUT2D eigenvalue weighted by molar-refractivity contribution is 5.74. The summed E-state index contributed by atoms with van der Waals surface area (Å²) in [5, 5.41) is 0. The van der Waals surface area contributed by atoms with E-state index in [-0.39, 0.29) is 12.4 Å². The van der Waals surface area contributed by atoms with Gasteiger partial charge in [0.05, 0.1) is 35.5 Å². The molecule has 8 nitrogen and oxygen atoms in total. The van der Waals surface area contributed by atoms with Gasteiger partial charge in [-0.2, -0.15) is 0 Å². The molecular weight excluding hydrogens is 452 g/mol. The van der Waals surface area contributed by atoms with Crippen LogP contribution in [0.25, 0.3) is 12.2 Å². The highest BCUT2D eigenvalue weighted by Gasteiger charge is 2.14. The molecule has 0 aliphatic carbocycles. The molecule has 8 heteroatoms. The van der Waals surface area contributed by atoms with Crippen molar-refractivity contribution in [2.75, 3.05) is 35.5 Å². The summed E-state index contributed by atoms with van der Waals surface area (Å²) in [7, 11) is 7.74. The van der Waals surface area contributed by atoms with Crippen LogP contribution in [-0.2, 0) is 11.3 Å². The van der Waals surface area contributed by atoms with Crippen molar-refractivity contribution in [3.63, 3.8) is 0 Å². The van der Waals surface area contributed by atoms with Crippen molar-refractivity contribution in [3.8, 4) is 34.5 Å². The Morgan fingerprint density at radius 3 is 1.97 bits per heavy atom. The minimum atomic E-state index is -0.850. The number of rotatable bonds is 10. The molecule has 0 amide bonds. The zero-order chi connectivity index (χ0) is 25.2. The lowest BCUT2D eigenvalue weighted by Crippen LogP contribution is -2.11. The van der Waals surface area contributed by atoms with Crippen LogP contribution >= 0.6 is 0 Å². The van der Waals surface area contributed by atoms with Gasteiger partial charge in [0.25, 0.3) is 0 Å². The molecule has 0 aliphatic rings. The summed E-state index contributed by atoms with van der Waals surface area (Å²) in [6.07, 6.45) is 2.88. The van der Waals surface area contributed by atoms with Gasteiger partial charge in [0.1, 0.15) is 12.4 Å². The fourth-order valence-electron chi connectivity index (χ4n) is 3.29. The predicted octanol–water partition coefficient (Wildman–Crippen LogP) is 5.62. The van der Waals surface area contributed by atoms with Gasteiger partial charge in [-0.3, -0.25) is 0 Å². The molecule has 0 saturated carbocycles. The second kappa shape index (κ2) is 12.2. The highest BCUT2D eigenvalue weighted by Crippen LogP contribution is 2.38. The molecule has 35 heavy (non-hydrogen) atoms. The van der Waals surface area contributed by atoms with Crippen LogP contribution in [0.1, 0.15) is 16.7 Å². The van der Waals surface area contributed by atoms with Gasteiger partial charge in [-0.25, -0.2) is 4.79 Å². The summed E-state index contributed by atoms with van der Waals surface area (Å²) in [5.74, 6) is 2.91. The molecular formula is C27H28O8. The maximum Gasteiger partial charge on any atom is 0.514 e. The van der Waals surface area contributed by atoms with E-state index in [1.807, 2.05) is 48.6 Å². The number of carbonyl (C=O) groups is 1. The zero-order valence-corrected chi connectivity index (χ0v) is 20.3. The van der Waals surface area contributed by atoms with Crippen LogP contribution in [0.2, 0.25) is 0 Å². The van der Waals surface area contributed by atoms with Crippen LogP contribution in [-0.4, -0.2) is 41.7 Å². The molecule has 0 unspecified atom stereocenters. The van der Waals surface area contributed by atoms with Gasteiger partial charge >= 0.3 is 6.16 Å². The molecule has 3 rings (SSSR count). The van der Waals surface area contributed by atoms with Gasteiger partial charge in [-0.15, -0.1) is 0 Å². The Balaban J connectivity index is 1.74. The first kappa shape index (κ1) is 25.3. The van der Waals surface area contributed by atoms with E-state index in [1.165, 1.54) is 7.11 Å². The molecule has 184 valence electrons. The average molecular weight is 481 g/mol. The monoisotopic (exact) mass is 480 g/mol. The number of benzene rings is 3. The van der Waals surface area contributed by atoms with Crippen molar-refractivity contribution in [2.24, 2.45) is 0 Å². The Labute approximate surface area is 204 Å². The molecule has 0 aromatic heterocycles. The lowest BCUT2D eigenvalue weighted by Gasteiger charge is -2.13. The maximum absolute atomic E-state index is 12.3. The minimum absolute atomic E-state index is 0.0408. The van der Waals surface area contributed by atoms with E-state index in [0.29, 0.717) is 28.7 Å². The highest BCUT2D eigenvalue weighted by atomic mass is 16.7. The molecule has 0 atom stereocenters. The summed E-state index contributed by atoms with van der Waals surface area (Å²) < 4.78 is 37.3. The van der Waals surface area contributed by atoms with Crippen molar-refractivity contribution in [1.29, 1.82) is 0 Å². The molecule has 0 fully saturated rings. The number of hydrogen-bond acceptors (Lipinski definition) is 8. The van der Waals surface area contributed by atoms with Crippen molar-refractivity contribution in [2.45, 2.75) is 6.61 Å². The maximum atomic E-state index is 12.3. The number of methoxy groups -OCH3 is 5. The van der Waals surface area contributed by atoms with Gasteiger partial charge < -0.3 is 33.2 Å². The van der Waals surface area contributed by atoms with E-state index < -0.39 is 6.16 Å². The summed E-state index contributed by atoms with van der Waals surface area (Å²) in [4.78, 5) is 12.3. The Morgan fingerprint density at radius 2 is 1.34 bits per heavy atom. The van der Waals surface area contributed by atoms with E-state index >= 15 is 0 Å². The third kappa shape index (κ3) is 6.60. The largest absolute Gasteiger partial charge is 0.514 e. The lowest BCUT2D eigenvalue weighted by atomic mass is 10.1. The van der Waals surface area contributed by atoms with Crippen LogP contribution in [0.4, 0.5) is 4.79 Å². The summed E-state index contributed by atoms with van der Waals surface area (Å²) in [5.41, 5.74) is 2.38. The first-order valence-corrected chi connectivity index (χ1v) is 10.6. The number of ether oxygens (including phenoxy) is 7. The van der Waals surface area contributed by atoms with Crippen LogP contribution in [0.3, 0.4) is 0 Å². The summed E-state index contributed by atoms with van der Waals surface area (Å²) >= 11 is 0. The standard InChI is InChI=1S/C27H28O8/c1-29-21-8-6-7-20(13-21)17-34-27(28)35-23-14-18(11-12-22(23)30-2)9-10-19-15-24(31-3)26(33-5)25(16-19)32-4/h6-16H,17H2,1-5H3. The third-order valence-electron chi connectivity index (χ3n) is 5.03. The van der Waals surface area contributed by atoms with E-state index in [1.54, 1.807) is 46.6 Å². The molecule has 0 heterocycles. The van der Waals surface area contributed by atoms with Gasteiger partial charge in [-0.05, 0) is 53.1 Å². The van der Waals surface area contributed by atoms with E-state index in [9.17, 15) is 4.79 Å². The van der Waals surface area contributed by atoms with Crippen LogP contribution < -0.4 is 28.4 Å². The average Bonchev–Trinajstić information content (AvgIpc) is 2.90. The fraction of sp³-hybridized carbons (Fsp3) is 0.222. The second-order valence-corrected chi connectivity index (χ2v) is 7.19. The van der Waals surface area contributed by atoms with Crippen molar-refractivity contribution in [3.05, 3.63) is 71.3 Å². The van der Waals surface area contributed by atoms with Gasteiger partial charge in [-0.1, -0.05) is 30.4 Å².